The Kier molecular flexibility index (Phi) is 6.98. The van der Waals surface area contributed by atoms with E-state index in [-0.39, 0.29) is 23.3 Å². The molecule has 2 aliphatic rings. The van der Waals surface area contributed by atoms with Crippen molar-refractivity contribution in [3.05, 3.63) is 53.1 Å². The Hall–Kier alpha value is -2.87. The van der Waals surface area contributed by atoms with Gasteiger partial charge in [0.25, 0.3) is 10.0 Å². The number of nitrogens with one attached hydrogen (secondary N) is 2. The molecule has 0 radical (unpaired) electrons. The molecule has 34 heavy (non-hydrogen) atoms. The molecule has 1 fully saturated rings. The molecule has 0 unspecified atom stereocenters. The fraction of sp³-hybridized carbons (Fsp3) is 0.462. The van der Waals surface area contributed by atoms with Gasteiger partial charge in [-0.05, 0) is 56.9 Å². The number of anilines is 2. The van der Waals surface area contributed by atoms with E-state index in [0.29, 0.717) is 22.5 Å². The van der Waals surface area contributed by atoms with Crippen LogP contribution in [0.15, 0.2) is 41.3 Å². The lowest BCUT2D eigenvalue weighted by atomic mass is 10.1. The summed E-state index contributed by atoms with van der Waals surface area (Å²) in [5.74, 6) is -0.801. The Morgan fingerprint density at radius 2 is 1.65 bits per heavy atom. The molecule has 1 saturated carbocycles. The molecule has 1 atom stereocenters. The molecular weight excluding hydrogens is 450 g/mol. The van der Waals surface area contributed by atoms with Crippen LogP contribution in [-0.2, 0) is 19.6 Å². The van der Waals surface area contributed by atoms with Gasteiger partial charge in [-0.15, -0.1) is 0 Å². The predicted molar refractivity (Wildman–Crippen MR) is 133 cm³/mol. The lowest BCUT2D eigenvalue weighted by molar-refractivity contribution is -0.125. The van der Waals surface area contributed by atoms with Crippen molar-refractivity contribution in [2.45, 2.75) is 82.7 Å². The van der Waals surface area contributed by atoms with Gasteiger partial charge in [0.15, 0.2) is 0 Å². The van der Waals surface area contributed by atoms with Crippen LogP contribution in [0.3, 0.4) is 0 Å². The van der Waals surface area contributed by atoms with Gasteiger partial charge in [-0.25, -0.2) is 8.42 Å². The number of rotatable bonds is 5. The van der Waals surface area contributed by atoms with Crippen molar-refractivity contribution in [1.29, 1.82) is 0 Å². The first-order valence-corrected chi connectivity index (χ1v) is 13.4. The summed E-state index contributed by atoms with van der Waals surface area (Å²) in [6, 6.07) is 9.36. The highest BCUT2D eigenvalue weighted by atomic mass is 32.2. The summed E-state index contributed by atoms with van der Waals surface area (Å²) >= 11 is 0. The Morgan fingerprint density at radius 3 is 2.29 bits per heavy atom. The van der Waals surface area contributed by atoms with Crippen molar-refractivity contribution in [1.82, 2.24) is 5.32 Å². The van der Waals surface area contributed by atoms with Crippen molar-refractivity contribution < 1.29 is 18.0 Å². The van der Waals surface area contributed by atoms with Crippen LogP contribution in [0.25, 0.3) is 0 Å². The first-order valence-electron chi connectivity index (χ1n) is 12.0. The number of hydrogen-bond donors (Lipinski definition) is 2. The molecule has 1 aliphatic carbocycles. The minimum absolute atomic E-state index is 0.0700. The van der Waals surface area contributed by atoms with E-state index >= 15 is 0 Å². The maximum absolute atomic E-state index is 14.1. The summed E-state index contributed by atoms with van der Waals surface area (Å²) in [6.45, 7) is 5.44. The summed E-state index contributed by atoms with van der Waals surface area (Å²) in [5, 5.41) is 5.85. The van der Waals surface area contributed by atoms with Crippen LogP contribution in [0.2, 0.25) is 0 Å². The number of sulfonamides is 1. The monoisotopic (exact) mass is 483 g/mol. The zero-order valence-electron chi connectivity index (χ0n) is 20.1. The third kappa shape index (κ3) is 4.82. The van der Waals surface area contributed by atoms with E-state index in [1.165, 1.54) is 0 Å². The molecule has 0 spiro atoms. The highest BCUT2D eigenvalue weighted by Gasteiger charge is 2.43. The number of hydrogen-bond acceptors (Lipinski definition) is 4. The van der Waals surface area contributed by atoms with Gasteiger partial charge in [-0.3, -0.25) is 13.9 Å². The summed E-state index contributed by atoms with van der Waals surface area (Å²) < 4.78 is 29.3. The van der Waals surface area contributed by atoms with Crippen molar-refractivity contribution in [2.24, 2.45) is 0 Å². The smallest absolute Gasteiger partial charge is 0.265 e. The van der Waals surface area contributed by atoms with Crippen LogP contribution in [-0.4, -0.2) is 32.3 Å². The molecule has 0 aromatic heterocycles. The summed E-state index contributed by atoms with van der Waals surface area (Å²) in [6.07, 6.45) is 6.04. The molecule has 182 valence electrons. The van der Waals surface area contributed by atoms with Gasteiger partial charge in [0.1, 0.15) is 6.04 Å². The zero-order valence-corrected chi connectivity index (χ0v) is 20.9. The molecule has 8 heteroatoms. The normalized spacial score (nSPS) is 19.2. The molecule has 0 bridgehead atoms. The fourth-order valence-corrected chi connectivity index (χ4v) is 7.34. The van der Waals surface area contributed by atoms with E-state index in [0.717, 1.165) is 48.4 Å². The molecule has 2 aromatic rings. The quantitative estimate of drug-likeness (QED) is 0.618. The first-order chi connectivity index (χ1) is 16.2. The summed E-state index contributed by atoms with van der Waals surface area (Å²) in [5.41, 5.74) is 2.97. The number of carbonyl (C=O) groups is 2. The van der Waals surface area contributed by atoms with Gasteiger partial charge in [-0.1, -0.05) is 55.5 Å². The molecule has 2 aromatic carbocycles. The predicted octanol–water partition coefficient (Wildman–Crippen LogP) is 4.36. The number of fused-ring (bicyclic) bond motifs is 1. The molecule has 0 saturated heterocycles. The van der Waals surface area contributed by atoms with E-state index in [9.17, 15) is 18.0 Å². The van der Waals surface area contributed by atoms with E-state index in [4.69, 9.17) is 0 Å². The number of aryl methyl sites for hydroxylation is 3. The molecule has 4 rings (SSSR count). The van der Waals surface area contributed by atoms with Crippen molar-refractivity contribution >= 4 is 33.2 Å². The van der Waals surface area contributed by atoms with Crippen LogP contribution in [0.5, 0.6) is 0 Å². The molecule has 2 N–H and O–H groups in total. The first kappa shape index (κ1) is 24.3. The Bertz CT molecular complexity index is 1180. The second kappa shape index (κ2) is 9.78. The standard InChI is InChI=1S/C26H33N3O4S/c1-17-14-18(2)25(19(3)15-17)34(32,33)29-22-13-9-8-12-21(22)28-26(31)23(29)16-24(30)27-20-10-6-4-5-7-11-20/h8-9,12-15,20,23H,4-7,10-11,16H2,1-3H3,(H,27,30)(H,28,31)/t23-/m0/s1. The maximum Gasteiger partial charge on any atom is 0.265 e. The number of amides is 2. The molecule has 1 aliphatic heterocycles. The van der Waals surface area contributed by atoms with Crippen LogP contribution in [0.4, 0.5) is 11.4 Å². The Labute approximate surface area is 202 Å². The molecule has 2 amide bonds. The maximum atomic E-state index is 14.1. The highest BCUT2D eigenvalue weighted by molar-refractivity contribution is 7.93. The lowest BCUT2D eigenvalue weighted by Gasteiger charge is -2.37. The van der Waals surface area contributed by atoms with Crippen LogP contribution in [0, 0.1) is 20.8 Å². The van der Waals surface area contributed by atoms with Gasteiger partial charge in [-0.2, -0.15) is 0 Å². The molecular formula is C26H33N3O4S. The Balaban J connectivity index is 1.72. The Morgan fingerprint density at radius 1 is 1.03 bits per heavy atom. The third-order valence-electron chi connectivity index (χ3n) is 6.71. The van der Waals surface area contributed by atoms with E-state index in [1.54, 1.807) is 38.1 Å². The number of nitrogens with zero attached hydrogens (tertiary/aromatic N) is 1. The third-order valence-corrected chi connectivity index (χ3v) is 8.83. The van der Waals surface area contributed by atoms with E-state index in [2.05, 4.69) is 10.6 Å². The second-order valence-electron chi connectivity index (χ2n) is 9.51. The van der Waals surface area contributed by atoms with Gasteiger partial charge in [0, 0.05) is 6.04 Å². The van der Waals surface area contributed by atoms with Gasteiger partial charge < -0.3 is 10.6 Å². The van der Waals surface area contributed by atoms with Gasteiger partial charge >= 0.3 is 0 Å². The van der Waals surface area contributed by atoms with Crippen LogP contribution in [0.1, 0.15) is 61.6 Å². The SMILES string of the molecule is Cc1cc(C)c(S(=O)(=O)N2c3ccccc3NC(=O)[C@@H]2CC(=O)NC2CCCCCC2)c(C)c1. The summed E-state index contributed by atoms with van der Waals surface area (Å²) in [4.78, 5) is 26.4. The van der Waals surface area contributed by atoms with E-state index in [1.807, 2.05) is 19.1 Å². The highest BCUT2D eigenvalue weighted by Crippen LogP contribution is 2.38. The minimum Gasteiger partial charge on any atom is -0.353 e. The molecule has 7 nitrogen and oxygen atoms in total. The lowest BCUT2D eigenvalue weighted by Crippen LogP contribution is -2.53. The number of benzene rings is 2. The van der Waals surface area contributed by atoms with Crippen LogP contribution < -0.4 is 14.9 Å². The minimum atomic E-state index is -4.13. The average Bonchev–Trinajstić information content (AvgIpc) is 3.01. The van der Waals surface area contributed by atoms with Crippen molar-refractivity contribution in [2.75, 3.05) is 9.62 Å². The van der Waals surface area contributed by atoms with E-state index < -0.39 is 22.0 Å². The number of para-hydroxylation sites is 2. The second-order valence-corrected chi connectivity index (χ2v) is 11.3. The van der Waals surface area contributed by atoms with Crippen LogP contribution >= 0.6 is 0 Å². The largest absolute Gasteiger partial charge is 0.353 e. The molecule has 1 heterocycles. The average molecular weight is 484 g/mol. The van der Waals surface area contributed by atoms with Crippen molar-refractivity contribution in [3.8, 4) is 0 Å². The summed E-state index contributed by atoms with van der Waals surface area (Å²) in [7, 11) is -4.13. The number of carbonyl (C=O) groups excluding carboxylic acids is 2. The van der Waals surface area contributed by atoms with Gasteiger partial charge in [0.2, 0.25) is 11.8 Å². The van der Waals surface area contributed by atoms with Crippen molar-refractivity contribution in [3.63, 3.8) is 0 Å². The fourth-order valence-electron chi connectivity index (χ4n) is 5.29. The van der Waals surface area contributed by atoms with Gasteiger partial charge in [0.05, 0.1) is 22.7 Å². The topological polar surface area (TPSA) is 95.6 Å². The zero-order chi connectivity index (χ0) is 24.5.